The van der Waals surface area contributed by atoms with Crippen LogP contribution in [0.1, 0.15) is 17.2 Å². The predicted molar refractivity (Wildman–Crippen MR) is 39.8 cm³/mol. The van der Waals surface area contributed by atoms with Crippen molar-refractivity contribution in [1.29, 1.82) is 0 Å². The van der Waals surface area contributed by atoms with Gasteiger partial charge in [-0.15, -0.1) is 0 Å². The van der Waals surface area contributed by atoms with Gasteiger partial charge in [-0.2, -0.15) is 0 Å². The van der Waals surface area contributed by atoms with Crippen molar-refractivity contribution in [2.45, 2.75) is 18.5 Å². The molecule has 1 aromatic rings. The fraction of sp³-hybridized carbons (Fsp3) is 0.333. The monoisotopic (exact) mass is 131 g/mol. The molecule has 2 atom stereocenters. The highest BCUT2D eigenvalue weighted by Crippen LogP contribution is 2.40. The van der Waals surface area contributed by atoms with Gasteiger partial charge >= 0.3 is 0 Å². The van der Waals surface area contributed by atoms with E-state index >= 15 is 0 Å². The zero-order chi connectivity index (χ0) is 6.55. The van der Waals surface area contributed by atoms with Crippen molar-refractivity contribution in [1.82, 2.24) is 5.32 Å². The lowest BCUT2D eigenvalue weighted by Crippen LogP contribution is -1.95. The van der Waals surface area contributed by atoms with Crippen molar-refractivity contribution in [3.8, 4) is 0 Å². The Balaban J connectivity index is 2.22. The van der Waals surface area contributed by atoms with Gasteiger partial charge in [-0.1, -0.05) is 24.3 Å². The van der Waals surface area contributed by atoms with E-state index < -0.39 is 0 Å². The van der Waals surface area contributed by atoms with E-state index in [0.717, 1.165) is 12.1 Å². The van der Waals surface area contributed by atoms with Gasteiger partial charge in [-0.05, 0) is 17.5 Å². The van der Waals surface area contributed by atoms with Crippen LogP contribution in [0.3, 0.4) is 0 Å². The molecule has 1 N–H and O–H groups in total. The Hall–Kier alpha value is -0.820. The van der Waals surface area contributed by atoms with Crippen molar-refractivity contribution in [2.24, 2.45) is 0 Å². The minimum Gasteiger partial charge on any atom is -0.304 e. The molecule has 1 heteroatoms. The van der Waals surface area contributed by atoms with Crippen molar-refractivity contribution in [3.63, 3.8) is 0 Å². The molecule has 10 heavy (non-hydrogen) atoms. The predicted octanol–water partition coefficient (Wildman–Crippen LogP) is 1.26. The molecule has 0 bridgehead atoms. The summed E-state index contributed by atoms with van der Waals surface area (Å²) in [4.78, 5) is 0. The van der Waals surface area contributed by atoms with E-state index in [0.29, 0.717) is 0 Å². The second-order valence-corrected chi connectivity index (χ2v) is 3.15. The fourth-order valence-electron chi connectivity index (χ4n) is 1.92. The molecule has 2 aliphatic rings. The molecule has 1 aliphatic heterocycles. The maximum Gasteiger partial charge on any atom is 0.0485 e. The smallest absolute Gasteiger partial charge is 0.0485 e. The van der Waals surface area contributed by atoms with Crippen LogP contribution in [-0.4, -0.2) is 6.04 Å². The van der Waals surface area contributed by atoms with E-state index in [-0.39, 0.29) is 0 Å². The summed E-state index contributed by atoms with van der Waals surface area (Å²) < 4.78 is 0. The summed E-state index contributed by atoms with van der Waals surface area (Å²) in [5, 5.41) is 3.42. The van der Waals surface area contributed by atoms with Crippen molar-refractivity contribution in [3.05, 3.63) is 35.4 Å². The van der Waals surface area contributed by atoms with Gasteiger partial charge < -0.3 is 5.32 Å². The zero-order valence-corrected chi connectivity index (χ0v) is 5.67. The minimum atomic E-state index is 0.719. The first-order valence-corrected chi connectivity index (χ1v) is 3.79. The molecule has 50 valence electrons. The zero-order valence-electron chi connectivity index (χ0n) is 5.67. The van der Waals surface area contributed by atoms with Crippen LogP contribution in [0.2, 0.25) is 0 Å². The van der Waals surface area contributed by atoms with Crippen molar-refractivity contribution in [2.75, 3.05) is 0 Å². The van der Waals surface area contributed by atoms with E-state index in [4.69, 9.17) is 0 Å². The molecule has 1 aromatic carbocycles. The molecular formula is C9H9N. The lowest BCUT2D eigenvalue weighted by Gasteiger charge is -1.98. The molecule has 1 fully saturated rings. The van der Waals surface area contributed by atoms with Crippen LogP contribution in [-0.2, 0) is 6.42 Å². The van der Waals surface area contributed by atoms with E-state index in [1.807, 2.05) is 0 Å². The van der Waals surface area contributed by atoms with Gasteiger partial charge in [0, 0.05) is 12.1 Å². The molecule has 0 aromatic heterocycles. The third-order valence-electron chi connectivity index (χ3n) is 2.52. The maximum absolute atomic E-state index is 3.42. The SMILES string of the molecule is c1ccc2c(c1)C[C@@H]1N[C@H]21. The highest BCUT2D eigenvalue weighted by molar-refractivity contribution is 5.42. The summed E-state index contributed by atoms with van der Waals surface area (Å²) in [6.45, 7) is 0. The Morgan fingerprint density at radius 1 is 1.30 bits per heavy atom. The van der Waals surface area contributed by atoms with E-state index in [1.54, 1.807) is 5.56 Å². The van der Waals surface area contributed by atoms with Gasteiger partial charge in [-0.3, -0.25) is 0 Å². The van der Waals surface area contributed by atoms with Gasteiger partial charge in [0.05, 0.1) is 0 Å². The van der Waals surface area contributed by atoms with Crippen LogP contribution in [0.5, 0.6) is 0 Å². The normalized spacial score (nSPS) is 33.2. The lowest BCUT2D eigenvalue weighted by molar-refractivity contribution is 0.945. The number of fused-ring (bicyclic) bond motifs is 3. The molecule has 0 spiro atoms. The number of hydrogen-bond acceptors (Lipinski definition) is 1. The molecule has 1 heterocycles. The highest BCUT2D eigenvalue weighted by Gasteiger charge is 2.43. The molecule has 0 saturated carbocycles. The van der Waals surface area contributed by atoms with Gasteiger partial charge in [0.2, 0.25) is 0 Å². The van der Waals surface area contributed by atoms with E-state index in [2.05, 4.69) is 29.6 Å². The number of hydrogen-bond donors (Lipinski definition) is 1. The maximum atomic E-state index is 3.42. The second-order valence-electron chi connectivity index (χ2n) is 3.15. The Kier molecular flexibility index (Phi) is 0.702. The van der Waals surface area contributed by atoms with Crippen LogP contribution in [0, 0.1) is 0 Å². The first-order valence-electron chi connectivity index (χ1n) is 3.79. The van der Waals surface area contributed by atoms with Crippen LogP contribution in [0.4, 0.5) is 0 Å². The summed E-state index contributed by atoms with van der Waals surface area (Å²) >= 11 is 0. The van der Waals surface area contributed by atoms with Crippen LogP contribution in [0.15, 0.2) is 24.3 Å². The number of benzene rings is 1. The topological polar surface area (TPSA) is 21.9 Å². The van der Waals surface area contributed by atoms with Gasteiger partial charge in [0.15, 0.2) is 0 Å². The fourth-order valence-corrected chi connectivity index (χ4v) is 1.92. The molecule has 1 saturated heterocycles. The third-order valence-corrected chi connectivity index (χ3v) is 2.52. The molecule has 3 rings (SSSR count). The molecule has 0 unspecified atom stereocenters. The van der Waals surface area contributed by atoms with Crippen molar-refractivity contribution >= 4 is 0 Å². The van der Waals surface area contributed by atoms with Crippen LogP contribution >= 0.6 is 0 Å². The van der Waals surface area contributed by atoms with Crippen LogP contribution < -0.4 is 5.32 Å². The Morgan fingerprint density at radius 3 is 3.10 bits per heavy atom. The Bertz CT molecular complexity index is 280. The largest absolute Gasteiger partial charge is 0.304 e. The summed E-state index contributed by atoms with van der Waals surface area (Å²) in [6.07, 6.45) is 1.25. The standard InChI is InChI=1S/C9H9N/c1-2-4-7-6(3-1)5-8-9(7)10-8/h1-4,8-10H,5H2/t8-,9+/m0/s1. The third kappa shape index (κ3) is 0.469. The van der Waals surface area contributed by atoms with Crippen LogP contribution in [0.25, 0.3) is 0 Å². The molecule has 1 aliphatic carbocycles. The Morgan fingerprint density at radius 2 is 2.20 bits per heavy atom. The number of nitrogens with one attached hydrogen (secondary N) is 1. The first-order chi connectivity index (χ1) is 4.95. The van der Waals surface area contributed by atoms with E-state index in [9.17, 15) is 0 Å². The summed E-state index contributed by atoms with van der Waals surface area (Å²) in [5.41, 5.74) is 3.09. The van der Waals surface area contributed by atoms with Gasteiger partial charge in [0.1, 0.15) is 0 Å². The van der Waals surface area contributed by atoms with Gasteiger partial charge in [-0.25, -0.2) is 0 Å². The average molecular weight is 131 g/mol. The molecule has 1 nitrogen and oxygen atoms in total. The lowest BCUT2D eigenvalue weighted by atomic mass is 10.1. The first kappa shape index (κ1) is 4.91. The Labute approximate surface area is 60.1 Å². The van der Waals surface area contributed by atoms with Crippen molar-refractivity contribution < 1.29 is 0 Å². The molecule has 0 amide bonds. The molecule has 0 radical (unpaired) electrons. The highest BCUT2D eigenvalue weighted by atomic mass is 15.2. The number of rotatable bonds is 0. The summed E-state index contributed by atoms with van der Waals surface area (Å²) in [5.74, 6) is 0. The quantitative estimate of drug-likeness (QED) is 0.526. The molecular weight excluding hydrogens is 122 g/mol. The van der Waals surface area contributed by atoms with E-state index in [1.165, 1.54) is 12.0 Å². The van der Waals surface area contributed by atoms with Gasteiger partial charge in [0.25, 0.3) is 0 Å². The average Bonchev–Trinajstić information content (AvgIpc) is 2.64. The summed E-state index contributed by atoms with van der Waals surface area (Å²) in [7, 11) is 0. The second kappa shape index (κ2) is 1.43. The minimum absolute atomic E-state index is 0.719. The summed E-state index contributed by atoms with van der Waals surface area (Å²) in [6, 6.07) is 10.2.